The average molecular weight is 296 g/mol. The minimum atomic E-state index is -0.137. The van der Waals surface area contributed by atoms with Gasteiger partial charge < -0.3 is 15.7 Å². The molecule has 0 radical (unpaired) electrons. The van der Waals surface area contributed by atoms with Crippen LogP contribution in [0.25, 0.3) is 0 Å². The summed E-state index contributed by atoms with van der Waals surface area (Å²) in [4.78, 5) is 12.2. The van der Waals surface area contributed by atoms with Crippen molar-refractivity contribution >= 4 is 11.6 Å². The van der Waals surface area contributed by atoms with E-state index in [4.69, 9.17) is 0 Å². The van der Waals surface area contributed by atoms with E-state index in [0.717, 1.165) is 25.9 Å². The Morgan fingerprint density at radius 1 is 1.00 bits per heavy atom. The van der Waals surface area contributed by atoms with Gasteiger partial charge in [0.1, 0.15) is 5.75 Å². The number of carbonyl (C=O) groups excluding carboxylic acids is 1. The second kappa shape index (κ2) is 6.62. The average Bonchev–Trinajstić information content (AvgIpc) is 2.58. The molecular formula is C18H20N2O2. The molecule has 1 heterocycles. The molecule has 1 aliphatic rings. The molecule has 4 heteroatoms. The summed E-state index contributed by atoms with van der Waals surface area (Å²) in [5, 5.41) is 15.4. The van der Waals surface area contributed by atoms with Crippen LogP contribution in [0, 0.1) is 0 Å². The van der Waals surface area contributed by atoms with Crippen LogP contribution < -0.4 is 10.6 Å². The highest BCUT2D eigenvalue weighted by Gasteiger charge is 2.15. The first kappa shape index (κ1) is 14.6. The first-order chi connectivity index (χ1) is 10.7. The number of hydrogen-bond acceptors (Lipinski definition) is 3. The van der Waals surface area contributed by atoms with Gasteiger partial charge in [-0.05, 0) is 73.8 Å². The minimum Gasteiger partial charge on any atom is -0.508 e. The lowest BCUT2D eigenvalue weighted by Gasteiger charge is -2.23. The van der Waals surface area contributed by atoms with Crippen molar-refractivity contribution in [2.24, 2.45) is 0 Å². The van der Waals surface area contributed by atoms with Crippen molar-refractivity contribution in [1.82, 2.24) is 5.32 Å². The van der Waals surface area contributed by atoms with Crippen LogP contribution in [-0.4, -0.2) is 24.1 Å². The van der Waals surface area contributed by atoms with Gasteiger partial charge in [-0.15, -0.1) is 0 Å². The summed E-state index contributed by atoms with van der Waals surface area (Å²) in [5.41, 5.74) is 2.62. The zero-order valence-electron chi connectivity index (χ0n) is 12.4. The fourth-order valence-electron chi connectivity index (χ4n) is 2.81. The Labute approximate surface area is 130 Å². The predicted octanol–water partition coefficient (Wildman–Crippen LogP) is 3.11. The highest BCUT2D eigenvalue weighted by Crippen LogP contribution is 2.25. The van der Waals surface area contributed by atoms with Crippen LogP contribution in [0.2, 0.25) is 0 Å². The second-order valence-electron chi connectivity index (χ2n) is 5.65. The number of amides is 1. The molecule has 2 aromatic rings. The maximum absolute atomic E-state index is 12.2. The lowest BCUT2D eigenvalue weighted by atomic mass is 9.90. The number of phenols is 1. The third-order valence-corrected chi connectivity index (χ3v) is 4.11. The molecule has 1 aliphatic heterocycles. The maximum Gasteiger partial charge on any atom is 0.255 e. The Morgan fingerprint density at radius 2 is 1.64 bits per heavy atom. The number of nitrogens with one attached hydrogen (secondary N) is 2. The number of benzene rings is 2. The van der Waals surface area contributed by atoms with Gasteiger partial charge in [-0.3, -0.25) is 4.79 Å². The first-order valence-corrected chi connectivity index (χ1v) is 7.63. The molecule has 0 saturated carbocycles. The van der Waals surface area contributed by atoms with E-state index in [2.05, 4.69) is 22.8 Å². The third-order valence-electron chi connectivity index (χ3n) is 4.11. The van der Waals surface area contributed by atoms with Crippen LogP contribution in [0.3, 0.4) is 0 Å². The van der Waals surface area contributed by atoms with Gasteiger partial charge in [0.15, 0.2) is 0 Å². The Balaban J connectivity index is 1.66. The molecule has 1 amide bonds. The van der Waals surface area contributed by atoms with E-state index >= 15 is 0 Å². The second-order valence-corrected chi connectivity index (χ2v) is 5.65. The fraction of sp³-hybridized carbons (Fsp3) is 0.278. The van der Waals surface area contributed by atoms with Gasteiger partial charge in [0.05, 0.1) is 0 Å². The number of rotatable bonds is 3. The van der Waals surface area contributed by atoms with E-state index < -0.39 is 0 Å². The number of carbonyl (C=O) groups is 1. The SMILES string of the molecule is O=C(Nc1ccc(O)cc1)c1ccc(C2CCNCC2)cc1. The summed E-state index contributed by atoms with van der Waals surface area (Å²) in [6.07, 6.45) is 2.30. The number of anilines is 1. The standard InChI is InChI=1S/C18H20N2O2/c21-17-7-5-16(6-8-17)20-18(22)15-3-1-13(2-4-15)14-9-11-19-12-10-14/h1-8,14,19,21H,9-12H2,(H,20,22). The largest absolute Gasteiger partial charge is 0.508 e. The number of hydrogen-bond donors (Lipinski definition) is 3. The normalized spacial score (nSPS) is 15.5. The molecule has 4 nitrogen and oxygen atoms in total. The van der Waals surface area contributed by atoms with Crippen LogP contribution in [0.5, 0.6) is 5.75 Å². The Kier molecular flexibility index (Phi) is 4.39. The van der Waals surface area contributed by atoms with Gasteiger partial charge in [0.25, 0.3) is 5.91 Å². The quantitative estimate of drug-likeness (QED) is 0.763. The molecule has 114 valence electrons. The van der Waals surface area contributed by atoms with Crippen molar-refractivity contribution in [3.63, 3.8) is 0 Å². The van der Waals surface area contributed by atoms with Crippen molar-refractivity contribution in [2.75, 3.05) is 18.4 Å². The zero-order chi connectivity index (χ0) is 15.4. The van der Waals surface area contributed by atoms with Crippen LogP contribution in [0.1, 0.15) is 34.7 Å². The van der Waals surface area contributed by atoms with E-state index in [1.807, 2.05) is 12.1 Å². The minimum absolute atomic E-state index is 0.137. The van der Waals surface area contributed by atoms with E-state index in [0.29, 0.717) is 17.2 Å². The van der Waals surface area contributed by atoms with Crippen molar-refractivity contribution in [3.8, 4) is 5.75 Å². The van der Waals surface area contributed by atoms with Gasteiger partial charge in [-0.25, -0.2) is 0 Å². The van der Waals surface area contributed by atoms with Gasteiger partial charge in [0, 0.05) is 11.3 Å². The molecule has 0 spiro atoms. The summed E-state index contributed by atoms with van der Waals surface area (Å²) in [7, 11) is 0. The molecule has 0 aromatic heterocycles. The molecule has 0 bridgehead atoms. The summed E-state index contributed by atoms with van der Waals surface area (Å²) in [5.74, 6) is 0.641. The molecule has 1 fully saturated rings. The molecule has 3 rings (SSSR count). The van der Waals surface area contributed by atoms with Gasteiger partial charge >= 0.3 is 0 Å². The highest BCUT2D eigenvalue weighted by molar-refractivity contribution is 6.04. The van der Waals surface area contributed by atoms with Crippen molar-refractivity contribution in [2.45, 2.75) is 18.8 Å². The molecule has 1 saturated heterocycles. The summed E-state index contributed by atoms with van der Waals surface area (Å²) < 4.78 is 0. The Morgan fingerprint density at radius 3 is 2.27 bits per heavy atom. The summed E-state index contributed by atoms with van der Waals surface area (Å²) >= 11 is 0. The molecule has 0 unspecified atom stereocenters. The van der Waals surface area contributed by atoms with E-state index in [-0.39, 0.29) is 11.7 Å². The summed E-state index contributed by atoms with van der Waals surface area (Å²) in [6, 6.07) is 14.3. The molecule has 22 heavy (non-hydrogen) atoms. The molecule has 2 aromatic carbocycles. The number of aromatic hydroxyl groups is 1. The van der Waals surface area contributed by atoms with Crippen LogP contribution in [0.4, 0.5) is 5.69 Å². The molecule has 0 aliphatic carbocycles. The van der Waals surface area contributed by atoms with E-state index in [9.17, 15) is 9.90 Å². The lowest BCUT2D eigenvalue weighted by molar-refractivity contribution is 0.102. The van der Waals surface area contributed by atoms with Crippen LogP contribution in [-0.2, 0) is 0 Å². The van der Waals surface area contributed by atoms with Gasteiger partial charge in [0.2, 0.25) is 0 Å². The third kappa shape index (κ3) is 3.46. The van der Waals surface area contributed by atoms with Crippen LogP contribution in [0.15, 0.2) is 48.5 Å². The lowest BCUT2D eigenvalue weighted by Crippen LogP contribution is -2.26. The Hall–Kier alpha value is -2.33. The molecule has 3 N–H and O–H groups in total. The monoisotopic (exact) mass is 296 g/mol. The van der Waals surface area contributed by atoms with Gasteiger partial charge in [-0.1, -0.05) is 12.1 Å². The molecular weight excluding hydrogens is 276 g/mol. The van der Waals surface area contributed by atoms with Crippen molar-refractivity contribution < 1.29 is 9.90 Å². The maximum atomic E-state index is 12.2. The van der Waals surface area contributed by atoms with Crippen LogP contribution >= 0.6 is 0 Å². The van der Waals surface area contributed by atoms with Crippen molar-refractivity contribution in [1.29, 1.82) is 0 Å². The van der Waals surface area contributed by atoms with Crippen molar-refractivity contribution in [3.05, 3.63) is 59.7 Å². The first-order valence-electron chi connectivity index (χ1n) is 7.63. The molecule has 0 atom stereocenters. The highest BCUT2D eigenvalue weighted by atomic mass is 16.3. The van der Waals surface area contributed by atoms with E-state index in [1.165, 1.54) is 5.56 Å². The number of phenolic OH excluding ortho intramolecular Hbond substituents is 1. The van der Waals surface area contributed by atoms with Gasteiger partial charge in [-0.2, -0.15) is 0 Å². The Bertz CT molecular complexity index is 629. The van der Waals surface area contributed by atoms with E-state index in [1.54, 1.807) is 24.3 Å². The smallest absolute Gasteiger partial charge is 0.255 e. The zero-order valence-corrected chi connectivity index (χ0v) is 12.4. The summed E-state index contributed by atoms with van der Waals surface area (Å²) in [6.45, 7) is 2.13. The fourth-order valence-corrected chi connectivity index (χ4v) is 2.81. The predicted molar refractivity (Wildman–Crippen MR) is 87.3 cm³/mol. The topological polar surface area (TPSA) is 61.4 Å². The number of piperidine rings is 1.